The minimum absolute atomic E-state index is 0.249. The average Bonchev–Trinajstić information content (AvgIpc) is 2.64. The van der Waals surface area contributed by atoms with Crippen LogP contribution in [0.15, 0.2) is 10.7 Å². The molecule has 4 atom stereocenters. The van der Waals surface area contributed by atoms with Gasteiger partial charge in [-0.05, 0) is 48.1 Å². The van der Waals surface area contributed by atoms with E-state index in [1.807, 2.05) is 0 Å². The van der Waals surface area contributed by atoms with Crippen molar-refractivity contribution in [3.8, 4) is 0 Å². The van der Waals surface area contributed by atoms with Crippen molar-refractivity contribution in [1.29, 1.82) is 0 Å². The topological polar surface area (TPSA) is 33.4 Å². The fraction of sp³-hybridized carbons (Fsp3) is 0.733. The summed E-state index contributed by atoms with van der Waals surface area (Å²) in [6.07, 6.45) is 6.17. The molecule has 0 spiro atoms. The van der Waals surface area contributed by atoms with E-state index in [-0.39, 0.29) is 11.5 Å². The first-order valence-electron chi connectivity index (χ1n) is 6.79. The normalized spacial score (nSPS) is 40.8. The number of fused-ring (bicyclic) bond motifs is 2. The lowest BCUT2D eigenvalue weighted by molar-refractivity contribution is -0.0597. The van der Waals surface area contributed by atoms with Crippen molar-refractivity contribution < 1.29 is 9.52 Å². The zero-order chi connectivity index (χ0) is 12.2. The van der Waals surface area contributed by atoms with E-state index < -0.39 is 0 Å². The number of aliphatic hydroxyl groups is 1. The van der Waals surface area contributed by atoms with Crippen LogP contribution in [0.25, 0.3) is 0 Å². The largest absolute Gasteiger partial charge is 0.466 e. The standard InChI is InChI=1S/C15H22O2/c1-9-8-17-14-11(9)7-15(3)10(2)5-4-6-12(15)13(14)16/h8,10,12-13,16H,4-7H2,1-3H3/t10-,12+,13+,15+/m0/s1. The second-order valence-electron chi connectivity index (χ2n) is 6.33. The maximum atomic E-state index is 10.6. The molecule has 17 heavy (non-hydrogen) atoms. The smallest absolute Gasteiger partial charge is 0.136 e. The number of aliphatic hydroxyl groups excluding tert-OH is 1. The van der Waals surface area contributed by atoms with Gasteiger partial charge >= 0.3 is 0 Å². The van der Waals surface area contributed by atoms with E-state index in [9.17, 15) is 5.11 Å². The Morgan fingerprint density at radius 1 is 1.41 bits per heavy atom. The van der Waals surface area contributed by atoms with Gasteiger partial charge in [0, 0.05) is 0 Å². The SMILES string of the molecule is Cc1coc2c1C[C@@]1(C)[C@H](CCC[C@@H]1C)[C@H]2O. The Morgan fingerprint density at radius 3 is 2.94 bits per heavy atom. The molecule has 1 fully saturated rings. The van der Waals surface area contributed by atoms with Crippen LogP contribution in [0.2, 0.25) is 0 Å². The predicted octanol–water partition coefficient (Wildman–Crippen LogP) is 3.62. The summed E-state index contributed by atoms with van der Waals surface area (Å²) in [7, 11) is 0. The van der Waals surface area contributed by atoms with Crippen LogP contribution in [0.1, 0.15) is 56.1 Å². The fourth-order valence-electron chi connectivity index (χ4n) is 4.02. The van der Waals surface area contributed by atoms with Gasteiger partial charge in [-0.1, -0.05) is 26.7 Å². The number of hydrogen-bond donors (Lipinski definition) is 1. The summed E-state index contributed by atoms with van der Waals surface area (Å²) in [4.78, 5) is 0. The van der Waals surface area contributed by atoms with Crippen molar-refractivity contribution in [3.05, 3.63) is 23.2 Å². The lowest BCUT2D eigenvalue weighted by Gasteiger charge is -2.50. The molecule has 3 rings (SSSR count). The van der Waals surface area contributed by atoms with Crippen LogP contribution in [0.5, 0.6) is 0 Å². The molecule has 1 aromatic heterocycles. The molecule has 2 aliphatic carbocycles. The van der Waals surface area contributed by atoms with Crippen molar-refractivity contribution in [1.82, 2.24) is 0 Å². The third-order valence-corrected chi connectivity index (χ3v) is 5.47. The highest BCUT2D eigenvalue weighted by Crippen LogP contribution is 2.56. The molecule has 2 heteroatoms. The summed E-state index contributed by atoms with van der Waals surface area (Å²) in [5.41, 5.74) is 2.72. The Balaban J connectivity index is 2.08. The van der Waals surface area contributed by atoms with Crippen molar-refractivity contribution in [2.45, 2.75) is 52.6 Å². The van der Waals surface area contributed by atoms with Crippen LogP contribution in [-0.2, 0) is 6.42 Å². The average molecular weight is 234 g/mol. The predicted molar refractivity (Wildman–Crippen MR) is 66.7 cm³/mol. The van der Waals surface area contributed by atoms with E-state index in [2.05, 4.69) is 20.8 Å². The monoisotopic (exact) mass is 234 g/mol. The van der Waals surface area contributed by atoms with Crippen LogP contribution in [-0.4, -0.2) is 5.11 Å². The molecule has 0 radical (unpaired) electrons. The van der Waals surface area contributed by atoms with Gasteiger partial charge < -0.3 is 9.52 Å². The Morgan fingerprint density at radius 2 is 2.18 bits per heavy atom. The van der Waals surface area contributed by atoms with Crippen LogP contribution < -0.4 is 0 Å². The molecule has 1 heterocycles. The molecule has 2 aliphatic rings. The summed E-state index contributed by atoms with van der Waals surface area (Å²) < 4.78 is 5.58. The zero-order valence-corrected chi connectivity index (χ0v) is 11.0. The maximum absolute atomic E-state index is 10.6. The van der Waals surface area contributed by atoms with E-state index in [1.54, 1.807) is 6.26 Å². The molecule has 1 saturated carbocycles. The van der Waals surface area contributed by atoms with E-state index in [1.165, 1.54) is 24.0 Å². The molecule has 0 aliphatic heterocycles. The van der Waals surface area contributed by atoms with Gasteiger partial charge in [-0.3, -0.25) is 0 Å². The molecule has 0 saturated heterocycles. The summed E-state index contributed by atoms with van der Waals surface area (Å²) >= 11 is 0. The molecular weight excluding hydrogens is 212 g/mol. The Kier molecular flexibility index (Phi) is 2.41. The van der Waals surface area contributed by atoms with Crippen molar-refractivity contribution in [2.75, 3.05) is 0 Å². The van der Waals surface area contributed by atoms with Crippen LogP contribution in [0, 0.1) is 24.2 Å². The molecular formula is C15H22O2. The van der Waals surface area contributed by atoms with E-state index in [0.29, 0.717) is 11.8 Å². The van der Waals surface area contributed by atoms with Gasteiger partial charge in [0.15, 0.2) is 0 Å². The minimum Gasteiger partial charge on any atom is -0.466 e. The van der Waals surface area contributed by atoms with Gasteiger partial charge in [0.2, 0.25) is 0 Å². The molecule has 1 N–H and O–H groups in total. The maximum Gasteiger partial charge on any atom is 0.136 e. The van der Waals surface area contributed by atoms with Gasteiger partial charge in [-0.25, -0.2) is 0 Å². The van der Waals surface area contributed by atoms with Gasteiger partial charge in [0.1, 0.15) is 11.9 Å². The van der Waals surface area contributed by atoms with Crippen molar-refractivity contribution in [3.63, 3.8) is 0 Å². The Labute approximate surface area is 103 Å². The van der Waals surface area contributed by atoms with Crippen LogP contribution in [0.4, 0.5) is 0 Å². The number of rotatable bonds is 0. The summed E-state index contributed by atoms with van der Waals surface area (Å²) in [5.74, 6) is 1.92. The van der Waals surface area contributed by atoms with E-state index in [0.717, 1.165) is 18.6 Å². The highest BCUT2D eigenvalue weighted by atomic mass is 16.4. The molecule has 0 unspecified atom stereocenters. The number of hydrogen-bond acceptors (Lipinski definition) is 2. The molecule has 0 aromatic carbocycles. The van der Waals surface area contributed by atoms with Crippen molar-refractivity contribution in [2.24, 2.45) is 17.3 Å². The minimum atomic E-state index is -0.389. The van der Waals surface area contributed by atoms with Gasteiger partial charge in [-0.15, -0.1) is 0 Å². The lowest BCUT2D eigenvalue weighted by atomic mass is 9.55. The van der Waals surface area contributed by atoms with Gasteiger partial charge in [-0.2, -0.15) is 0 Å². The zero-order valence-electron chi connectivity index (χ0n) is 11.0. The summed E-state index contributed by atoms with van der Waals surface area (Å²) in [6, 6.07) is 0. The van der Waals surface area contributed by atoms with Gasteiger partial charge in [0.05, 0.1) is 6.26 Å². The summed E-state index contributed by atoms with van der Waals surface area (Å²) in [6.45, 7) is 6.80. The second-order valence-corrected chi connectivity index (χ2v) is 6.33. The van der Waals surface area contributed by atoms with Crippen molar-refractivity contribution >= 4 is 0 Å². The third-order valence-electron chi connectivity index (χ3n) is 5.47. The van der Waals surface area contributed by atoms with E-state index >= 15 is 0 Å². The highest BCUT2D eigenvalue weighted by Gasteiger charge is 2.50. The van der Waals surface area contributed by atoms with Gasteiger partial charge in [0.25, 0.3) is 0 Å². The quantitative estimate of drug-likeness (QED) is 0.743. The van der Waals surface area contributed by atoms with Crippen LogP contribution in [0.3, 0.4) is 0 Å². The molecule has 2 nitrogen and oxygen atoms in total. The molecule has 1 aromatic rings. The number of aryl methyl sites for hydroxylation is 1. The summed E-state index contributed by atoms with van der Waals surface area (Å²) in [5, 5.41) is 10.6. The third kappa shape index (κ3) is 1.43. The first kappa shape index (κ1) is 11.3. The lowest BCUT2D eigenvalue weighted by Crippen LogP contribution is -2.45. The molecule has 94 valence electrons. The highest BCUT2D eigenvalue weighted by molar-refractivity contribution is 5.33. The van der Waals surface area contributed by atoms with E-state index in [4.69, 9.17) is 4.42 Å². The molecule has 0 amide bonds. The number of furan rings is 1. The molecule has 0 bridgehead atoms. The first-order valence-corrected chi connectivity index (χ1v) is 6.79. The fourth-order valence-corrected chi connectivity index (χ4v) is 4.02. The van der Waals surface area contributed by atoms with Crippen LogP contribution >= 0.6 is 0 Å². The Hall–Kier alpha value is -0.760. The second kappa shape index (κ2) is 3.61. The first-order chi connectivity index (χ1) is 8.04. The Bertz CT molecular complexity index is 434.